The lowest BCUT2D eigenvalue weighted by Gasteiger charge is -2.19. The molecule has 26 heavy (non-hydrogen) atoms. The quantitative estimate of drug-likeness (QED) is 0.429. The lowest BCUT2D eigenvalue weighted by molar-refractivity contribution is -0.274. The van der Waals surface area contributed by atoms with E-state index in [4.69, 9.17) is 0 Å². The third kappa shape index (κ3) is 4.26. The molecule has 0 unspecified atom stereocenters. The highest BCUT2D eigenvalue weighted by Crippen LogP contribution is 2.33. The van der Waals surface area contributed by atoms with E-state index in [1.54, 1.807) is 6.07 Å². The van der Waals surface area contributed by atoms with Gasteiger partial charge in [-0.3, -0.25) is 0 Å². The third-order valence-corrected chi connectivity index (χ3v) is 4.60. The maximum Gasteiger partial charge on any atom is 0.573 e. The number of allylic oxidation sites excluding steroid dienone is 2. The van der Waals surface area contributed by atoms with E-state index in [2.05, 4.69) is 17.7 Å². The van der Waals surface area contributed by atoms with Crippen molar-refractivity contribution in [3.8, 4) is 16.9 Å². The van der Waals surface area contributed by atoms with Crippen LogP contribution >= 0.6 is 0 Å². The summed E-state index contributed by atoms with van der Waals surface area (Å²) in [6, 6.07) is 8.91. The second-order valence-electron chi connectivity index (χ2n) is 6.48. The summed E-state index contributed by atoms with van der Waals surface area (Å²) in [5.41, 5.74) is 3.95. The van der Waals surface area contributed by atoms with Crippen LogP contribution in [0.2, 0.25) is 0 Å². The Balaban J connectivity index is 1.82. The lowest BCUT2D eigenvalue weighted by atomic mass is 9.87. The highest BCUT2D eigenvalue weighted by Gasteiger charge is 2.31. The molecule has 0 heterocycles. The molecule has 1 aliphatic carbocycles. The van der Waals surface area contributed by atoms with Gasteiger partial charge in [-0.1, -0.05) is 49.3 Å². The van der Waals surface area contributed by atoms with Crippen molar-refractivity contribution in [2.75, 3.05) is 0 Å². The van der Waals surface area contributed by atoms with Gasteiger partial charge >= 0.3 is 6.36 Å². The summed E-state index contributed by atoms with van der Waals surface area (Å²) in [7, 11) is 0. The predicted octanol–water partition coefficient (Wildman–Crippen LogP) is 6.61. The molecule has 1 aliphatic rings. The molecular weight excluding hydrogens is 344 g/mol. The van der Waals surface area contributed by atoms with E-state index in [9.17, 15) is 17.6 Å². The molecule has 0 saturated carbocycles. The number of hydrogen-bond acceptors (Lipinski definition) is 1. The van der Waals surface area contributed by atoms with Crippen LogP contribution in [0.5, 0.6) is 5.75 Å². The third-order valence-electron chi connectivity index (χ3n) is 4.60. The van der Waals surface area contributed by atoms with Crippen LogP contribution in [-0.2, 0) is 12.8 Å². The summed E-state index contributed by atoms with van der Waals surface area (Å²) < 4.78 is 55.5. The van der Waals surface area contributed by atoms with E-state index in [0.717, 1.165) is 31.2 Å². The fraction of sp³-hybridized carbons (Fsp3) is 0.333. The molecular formula is C21H20F4O. The van der Waals surface area contributed by atoms with Crippen molar-refractivity contribution in [3.05, 3.63) is 65.0 Å². The molecule has 5 heteroatoms. The van der Waals surface area contributed by atoms with Gasteiger partial charge in [0, 0.05) is 5.56 Å². The standard InChI is InChI=1S/C21H20F4O/c1-2-3-4-14-5-11-19-16(13-14)8-12-18(20(19)22)15-6-9-17(10-7-15)26-21(23,24)25/h5-10,12H,2-4,11,13H2,1H3. The van der Waals surface area contributed by atoms with Crippen LogP contribution in [0, 0.1) is 5.82 Å². The molecule has 3 rings (SSSR count). The van der Waals surface area contributed by atoms with Crippen molar-refractivity contribution >= 4 is 0 Å². The van der Waals surface area contributed by atoms with Crippen LogP contribution in [0.15, 0.2) is 48.0 Å². The fourth-order valence-corrected chi connectivity index (χ4v) is 3.26. The molecule has 0 fully saturated rings. The van der Waals surface area contributed by atoms with E-state index in [1.807, 2.05) is 6.07 Å². The topological polar surface area (TPSA) is 9.23 Å². The van der Waals surface area contributed by atoms with Gasteiger partial charge in [0.1, 0.15) is 11.6 Å². The number of rotatable bonds is 5. The Bertz CT molecular complexity index is 804. The molecule has 1 nitrogen and oxygen atoms in total. The van der Waals surface area contributed by atoms with Crippen LogP contribution in [0.4, 0.5) is 17.6 Å². The number of fused-ring (bicyclic) bond motifs is 1. The zero-order valence-electron chi connectivity index (χ0n) is 14.5. The van der Waals surface area contributed by atoms with Crippen LogP contribution in [0.3, 0.4) is 0 Å². The van der Waals surface area contributed by atoms with Gasteiger partial charge < -0.3 is 4.74 Å². The van der Waals surface area contributed by atoms with E-state index in [-0.39, 0.29) is 11.6 Å². The van der Waals surface area contributed by atoms with E-state index >= 15 is 0 Å². The summed E-state index contributed by atoms with van der Waals surface area (Å²) in [5, 5.41) is 0. The monoisotopic (exact) mass is 364 g/mol. The molecule has 2 aromatic carbocycles. The van der Waals surface area contributed by atoms with Crippen molar-refractivity contribution in [2.24, 2.45) is 0 Å². The molecule has 138 valence electrons. The summed E-state index contributed by atoms with van der Waals surface area (Å²) in [6.07, 6.45) is 2.00. The Morgan fingerprint density at radius 3 is 2.42 bits per heavy atom. The molecule has 0 bridgehead atoms. The largest absolute Gasteiger partial charge is 0.573 e. The van der Waals surface area contributed by atoms with E-state index in [0.29, 0.717) is 23.1 Å². The number of benzene rings is 2. The summed E-state index contributed by atoms with van der Waals surface area (Å²) in [4.78, 5) is 0. The molecule has 0 amide bonds. The molecule has 0 radical (unpaired) electrons. The van der Waals surface area contributed by atoms with Crippen LogP contribution in [0.25, 0.3) is 11.1 Å². The van der Waals surface area contributed by atoms with Gasteiger partial charge in [-0.15, -0.1) is 13.2 Å². The zero-order valence-corrected chi connectivity index (χ0v) is 14.5. The molecule has 0 aromatic heterocycles. The Kier molecular flexibility index (Phi) is 5.35. The smallest absolute Gasteiger partial charge is 0.406 e. The molecule has 0 aliphatic heterocycles. The van der Waals surface area contributed by atoms with Gasteiger partial charge in [-0.25, -0.2) is 4.39 Å². The van der Waals surface area contributed by atoms with Gasteiger partial charge in [-0.05, 0) is 54.5 Å². The normalized spacial score (nSPS) is 14.0. The van der Waals surface area contributed by atoms with Crippen molar-refractivity contribution in [2.45, 2.75) is 45.4 Å². The first-order valence-corrected chi connectivity index (χ1v) is 8.71. The second kappa shape index (κ2) is 7.52. The Morgan fingerprint density at radius 1 is 1.04 bits per heavy atom. The van der Waals surface area contributed by atoms with Crippen LogP contribution < -0.4 is 4.74 Å². The first kappa shape index (κ1) is 18.5. The van der Waals surface area contributed by atoms with Gasteiger partial charge in [0.15, 0.2) is 0 Å². The lowest BCUT2D eigenvalue weighted by Crippen LogP contribution is -2.16. The van der Waals surface area contributed by atoms with E-state index < -0.39 is 6.36 Å². The predicted molar refractivity (Wildman–Crippen MR) is 93.5 cm³/mol. The van der Waals surface area contributed by atoms with Crippen molar-refractivity contribution in [1.82, 2.24) is 0 Å². The minimum absolute atomic E-state index is 0.294. The fourth-order valence-electron chi connectivity index (χ4n) is 3.26. The Morgan fingerprint density at radius 2 is 1.77 bits per heavy atom. The molecule has 0 N–H and O–H groups in total. The minimum Gasteiger partial charge on any atom is -0.406 e. The van der Waals surface area contributed by atoms with Crippen LogP contribution in [0.1, 0.15) is 37.3 Å². The Labute approximate surface area is 150 Å². The average molecular weight is 364 g/mol. The zero-order chi connectivity index (χ0) is 18.7. The highest BCUT2D eigenvalue weighted by molar-refractivity contribution is 5.67. The summed E-state index contributed by atoms with van der Waals surface area (Å²) in [5.74, 6) is -0.610. The van der Waals surface area contributed by atoms with Gasteiger partial charge in [0.05, 0.1) is 0 Å². The van der Waals surface area contributed by atoms with Crippen molar-refractivity contribution in [1.29, 1.82) is 0 Å². The first-order chi connectivity index (χ1) is 12.4. The Hall–Kier alpha value is -2.30. The molecule has 0 atom stereocenters. The molecule has 0 spiro atoms. The number of ether oxygens (including phenoxy) is 1. The average Bonchev–Trinajstić information content (AvgIpc) is 2.60. The van der Waals surface area contributed by atoms with Crippen molar-refractivity contribution in [3.63, 3.8) is 0 Å². The van der Waals surface area contributed by atoms with Gasteiger partial charge in [0.2, 0.25) is 0 Å². The van der Waals surface area contributed by atoms with E-state index in [1.165, 1.54) is 29.8 Å². The maximum absolute atomic E-state index is 15.0. The maximum atomic E-state index is 15.0. The number of halogens is 4. The van der Waals surface area contributed by atoms with Crippen molar-refractivity contribution < 1.29 is 22.3 Å². The van der Waals surface area contributed by atoms with Crippen LogP contribution in [-0.4, -0.2) is 6.36 Å². The number of alkyl halides is 3. The SMILES string of the molecule is CCCCC1=CCc2c(ccc(-c3ccc(OC(F)(F)F)cc3)c2F)C1. The molecule has 0 saturated heterocycles. The van der Waals surface area contributed by atoms with Gasteiger partial charge in [-0.2, -0.15) is 0 Å². The highest BCUT2D eigenvalue weighted by atomic mass is 19.4. The summed E-state index contributed by atoms with van der Waals surface area (Å²) >= 11 is 0. The first-order valence-electron chi connectivity index (χ1n) is 8.71. The summed E-state index contributed by atoms with van der Waals surface area (Å²) in [6.45, 7) is 2.15. The second-order valence-corrected chi connectivity index (χ2v) is 6.48. The van der Waals surface area contributed by atoms with Gasteiger partial charge in [0.25, 0.3) is 0 Å². The number of hydrogen-bond donors (Lipinski definition) is 0. The minimum atomic E-state index is -4.74. The molecule has 2 aromatic rings. The number of unbranched alkanes of at least 4 members (excludes halogenated alkanes) is 1.